The van der Waals surface area contributed by atoms with E-state index >= 15 is 0 Å². The maximum Gasteiger partial charge on any atom is 0.573 e. The fourth-order valence-corrected chi connectivity index (χ4v) is 2.73. The molecule has 9 heteroatoms. The molecule has 1 aromatic carbocycles. The number of morpholine rings is 1. The van der Waals surface area contributed by atoms with Crippen molar-refractivity contribution in [2.24, 2.45) is 0 Å². The molecule has 0 amide bonds. The lowest BCUT2D eigenvalue weighted by molar-refractivity contribution is -0.274. The van der Waals surface area contributed by atoms with Crippen molar-refractivity contribution in [3.8, 4) is 5.75 Å². The van der Waals surface area contributed by atoms with Crippen LogP contribution >= 0.6 is 0 Å². The summed E-state index contributed by atoms with van der Waals surface area (Å²) >= 11 is 0. The quantitative estimate of drug-likeness (QED) is 0.798. The van der Waals surface area contributed by atoms with E-state index in [1.807, 2.05) is 0 Å². The van der Waals surface area contributed by atoms with Crippen LogP contribution in [0.25, 0.3) is 0 Å². The van der Waals surface area contributed by atoms with Gasteiger partial charge in [-0.3, -0.25) is 14.6 Å². The molecule has 1 atom stereocenters. The maximum atomic E-state index is 12.2. The van der Waals surface area contributed by atoms with E-state index < -0.39 is 12.3 Å². The molecule has 0 bridgehead atoms. The van der Waals surface area contributed by atoms with Gasteiger partial charge in [-0.15, -0.1) is 13.2 Å². The number of hydrogen-bond donors (Lipinski definition) is 1. The topological polar surface area (TPSA) is 62.2 Å². The summed E-state index contributed by atoms with van der Waals surface area (Å²) in [6.45, 7) is 2.89. The first-order valence-electron chi connectivity index (χ1n) is 7.80. The van der Waals surface area contributed by atoms with Crippen LogP contribution in [-0.4, -0.2) is 73.2 Å². The van der Waals surface area contributed by atoms with Crippen molar-refractivity contribution in [2.75, 3.05) is 39.8 Å². The number of carbonyl (C=O) groups is 1. The largest absolute Gasteiger partial charge is 0.573 e. The van der Waals surface area contributed by atoms with Gasteiger partial charge in [-0.1, -0.05) is 12.1 Å². The van der Waals surface area contributed by atoms with Gasteiger partial charge in [0.15, 0.2) is 0 Å². The van der Waals surface area contributed by atoms with E-state index in [0.717, 1.165) is 5.56 Å². The number of alkyl halides is 3. The van der Waals surface area contributed by atoms with Gasteiger partial charge in [-0.2, -0.15) is 0 Å². The fourth-order valence-electron chi connectivity index (χ4n) is 2.73. The molecule has 1 N–H and O–H groups in total. The smallest absolute Gasteiger partial charge is 0.480 e. The predicted octanol–water partition coefficient (Wildman–Crippen LogP) is 1.80. The Labute approximate surface area is 143 Å². The Kier molecular flexibility index (Phi) is 6.63. The highest BCUT2D eigenvalue weighted by Gasteiger charge is 2.31. The third-order valence-electron chi connectivity index (χ3n) is 3.71. The molecule has 2 rings (SSSR count). The SMILES string of the molecule is CN(CC(=O)O)CC1CN(Cc2ccc(OC(F)(F)F)cc2)CCO1. The maximum absolute atomic E-state index is 12.2. The number of carboxylic acids is 1. The number of hydrogen-bond acceptors (Lipinski definition) is 5. The summed E-state index contributed by atoms with van der Waals surface area (Å²) < 4.78 is 46.0. The van der Waals surface area contributed by atoms with E-state index in [-0.39, 0.29) is 18.4 Å². The summed E-state index contributed by atoms with van der Waals surface area (Å²) in [5, 5.41) is 8.78. The summed E-state index contributed by atoms with van der Waals surface area (Å²) in [7, 11) is 1.72. The van der Waals surface area contributed by atoms with Gasteiger partial charge in [-0.25, -0.2) is 0 Å². The monoisotopic (exact) mass is 362 g/mol. The lowest BCUT2D eigenvalue weighted by Crippen LogP contribution is -2.47. The Bertz CT molecular complexity index is 565. The summed E-state index contributed by atoms with van der Waals surface area (Å²) in [5.41, 5.74) is 0.870. The van der Waals surface area contributed by atoms with Crippen molar-refractivity contribution in [1.82, 2.24) is 9.80 Å². The van der Waals surface area contributed by atoms with E-state index in [2.05, 4.69) is 9.64 Å². The normalized spacial score (nSPS) is 19.2. The number of benzene rings is 1. The van der Waals surface area contributed by atoms with Crippen LogP contribution in [-0.2, 0) is 16.1 Å². The molecule has 0 saturated carbocycles. The lowest BCUT2D eigenvalue weighted by atomic mass is 10.1. The average Bonchev–Trinajstić information content (AvgIpc) is 2.47. The number of rotatable bonds is 7. The molecular weight excluding hydrogens is 341 g/mol. The minimum Gasteiger partial charge on any atom is -0.480 e. The van der Waals surface area contributed by atoms with E-state index in [1.54, 1.807) is 24.1 Å². The first-order valence-corrected chi connectivity index (χ1v) is 7.80. The molecule has 6 nitrogen and oxygen atoms in total. The zero-order valence-corrected chi connectivity index (χ0v) is 13.8. The van der Waals surface area contributed by atoms with Crippen LogP contribution in [0.5, 0.6) is 5.75 Å². The van der Waals surface area contributed by atoms with Crippen molar-refractivity contribution in [2.45, 2.75) is 19.0 Å². The summed E-state index contributed by atoms with van der Waals surface area (Å²) in [6, 6.07) is 5.78. The third-order valence-corrected chi connectivity index (χ3v) is 3.71. The molecular formula is C16H21F3N2O4. The highest BCUT2D eigenvalue weighted by molar-refractivity contribution is 5.69. The summed E-state index contributed by atoms with van der Waals surface area (Å²) in [4.78, 5) is 14.5. The van der Waals surface area contributed by atoms with E-state index in [9.17, 15) is 18.0 Å². The molecule has 140 valence electrons. The number of aliphatic carboxylic acids is 1. The Morgan fingerprint density at radius 2 is 2.08 bits per heavy atom. The zero-order chi connectivity index (χ0) is 18.4. The van der Waals surface area contributed by atoms with Gasteiger partial charge in [0, 0.05) is 26.2 Å². The molecule has 1 aromatic rings. The van der Waals surface area contributed by atoms with Gasteiger partial charge >= 0.3 is 12.3 Å². The van der Waals surface area contributed by atoms with Crippen LogP contribution in [0.4, 0.5) is 13.2 Å². The molecule has 0 aromatic heterocycles. The molecule has 1 aliphatic rings. The first kappa shape index (κ1) is 19.5. The Morgan fingerprint density at radius 1 is 1.40 bits per heavy atom. The predicted molar refractivity (Wildman–Crippen MR) is 83.3 cm³/mol. The lowest BCUT2D eigenvalue weighted by Gasteiger charge is -2.34. The summed E-state index contributed by atoms with van der Waals surface area (Å²) in [6.07, 6.45) is -4.80. The van der Waals surface area contributed by atoms with Crippen LogP contribution in [0, 0.1) is 0 Å². The molecule has 1 saturated heterocycles. The van der Waals surface area contributed by atoms with Crippen LogP contribution < -0.4 is 4.74 Å². The number of carboxylic acid groups (broad SMARTS) is 1. The Balaban J connectivity index is 1.84. The van der Waals surface area contributed by atoms with Crippen LogP contribution in [0.3, 0.4) is 0 Å². The second-order valence-corrected chi connectivity index (χ2v) is 6.01. The number of ether oxygens (including phenoxy) is 2. The second-order valence-electron chi connectivity index (χ2n) is 6.01. The van der Waals surface area contributed by atoms with Gasteiger partial charge < -0.3 is 14.6 Å². The standard InChI is InChI=1S/C16H21F3N2O4/c1-20(11-15(22)23)9-14-10-21(6-7-24-14)8-12-2-4-13(5-3-12)25-16(17,18)19/h2-5,14H,6-11H2,1H3,(H,22,23). The van der Waals surface area contributed by atoms with Gasteiger partial charge in [0.25, 0.3) is 0 Å². The molecule has 0 spiro atoms. The Hall–Kier alpha value is -1.84. The molecule has 25 heavy (non-hydrogen) atoms. The molecule has 1 heterocycles. The van der Waals surface area contributed by atoms with Crippen molar-refractivity contribution in [3.63, 3.8) is 0 Å². The molecule has 0 aliphatic carbocycles. The van der Waals surface area contributed by atoms with Crippen LogP contribution in [0.2, 0.25) is 0 Å². The molecule has 1 fully saturated rings. The van der Waals surface area contributed by atoms with Crippen molar-refractivity contribution in [1.29, 1.82) is 0 Å². The van der Waals surface area contributed by atoms with E-state index in [1.165, 1.54) is 12.1 Å². The minimum absolute atomic E-state index is 0.0550. The minimum atomic E-state index is -4.69. The summed E-state index contributed by atoms with van der Waals surface area (Å²) in [5.74, 6) is -1.14. The first-order chi connectivity index (χ1) is 11.7. The number of nitrogens with zero attached hydrogens (tertiary/aromatic N) is 2. The average molecular weight is 362 g/mol. The third kappa shape index (κ3) is 7.29. The fraction of sp³-hybridized carbons (Fsp3) is 0.562. The van der Waals surface area contributed by atoms with Gasteiger partial charge in [-0.05, 0) is 24.7 Å². The van der Waals surface area contributed by atoms with Crippen molar-refractivity contribution >= 4 is 5.97 Å². The zero-order valence-electron chi connectivity index (χ0n) is 13.8. The van der Waals surface area contributed by atoms with Gasteiger partial charge in [0.2, 0.25) is 0 Å². The van der Waals surface area contributed by atoms with Gasteiger partial charge in [0.1, 0.15) is 5.75 Å². The van der Waals surface area contributed by atoms with Gasteiger partial charge in [0.05, 0.1) is 19.3 Å². The molecule has 1 unspecified atom stereocenters. The van der Waals surface area contributed by atoms with E-state index in [0.29, 0.717) is 32.8 Å². The van der Waals surface area contributed by atoms with Crippen molar-refractivity contribution in [3.05, 3.63) is 29.8 Å². The highest BCUT2D eigenvalue weighted by Crippen LogP contribution is 2.23. The molecule has 1 aliphatic heterocycles. The number of likely N-dealkylation sites (N-methyl/N-ethyl adjacent to an activating group) is 1. The second kappa shape index (κ2) is 8.50. The van der Waals surface area contributed by atoms with E-state index in [4.69, 9.17) is 9.84 Å². The van der Waals surface area contributed by atoms with Crippen LogP contribution in [0.15, 0.2) is 24.3 Å². The van der Waals surface area contributed by atoms with Crippen LogP contribution in [0.1, 0.15) is 5.56 Å². The highest BCUT2D eigenvalue weighted by atomic mass is 19.4. The Morgan fingerprint density at radius 3 is 2.68 bits per heavy atom. The number of halogens is 3. The molecule has 0 radical (unpaired) electrons. The van der Waals surface area contributed by atoms with Crippen molar-refractivity contribution < 1.29 is 32.5 Å².